The van der Waals surface area contributed by atoms with Crippen molar-refractivity contribution in [2.24, 2.45) is 30.7 Å². The van der Waals surface area contributed by atoms with Gasteiger partial charge in [0.15, 0.2) is 19.7 Å². The molecule has 0 heterocycles. The number of carbonyl (C=O) groups is 2. The van der Waals surface area contributed by atoms with E-state index in [9.17, 15) is 72.8 Å². The Morgan fingerprint density at radius 3 is 1.09 bits per heavy atom. The van der Waals surface area contributed by atoms with Gasteiger partial charge in [0.1, 0.15) is 55.5 Å². The predicted octanol–water partition coefficient (Wildman–Crippen LogP) is 9.87. The summed E-state index contributed by atoms with van der Waals surface area (Å²) in [4.78, 5) is 24.3. The average molecular weight is 1110 g/mol. The molecule has 8 aromatic carbocycles. The van der Waals surface area contributed by atoms with E-state index in [0.717, 1.165) is 61.0 Å². The van der Waals surface area contributed by atoms with Gasteiger partial charge in [0.2, 0.25) is 0 Å². The van der Waals surface area contributed by atoms with Crippen LogP contribution in [0.1, 0.15) is 20.7 Å². The molecule has 8 aromatic rings. The van der Waals surface area contributed by atoms with Crippen molar-refractivity contribution in [3.63, 3.8) is 0 Å². The Labute approximate surface area is 430 Å². The number of azo groups is 3. The zero-order chi connectivity index (χ0) is 55.1. The molecule has 0 spiro atoms. The lowest BCUT2D eigenvalue weighted by Crippen LogP contribution is -2.11. The minimum absolute atomic E-state index is 0.0513. The van der Waals surface area contributed by atoms with Crippen molar-refractivity contribution < 1.29 is 72.8 Å². The molecule has 0 unspecified atom stereocenters. The molecule has 28 heteroatoms. The SMILES string of the molecule is CS(=O)(=O)c1ccc(O)c(N=Nc2c(O)cc3ccc(NC(=O)c4ccc(N=Nc5ccc(C(=O)Nc6ccc7cc(O)c(N=Nc8cc(S(C)(=O)=O)ccc8O)c(S(=O)(=O)O)c7c6)cc5)cc4)cc3c2S(=O)(=O)O)c1. The number of carbonyl (C=O) groups excluding carboxylic acids is 2. The molecule has 0 atom stereocenters. The van der Waals surface area contributed by atoms with Crippen LogP contribution in [0.3, 0.4) is 0 Å². The quantitative estimate of drug-likeness (QED) is 0.0371. The van der Waals surface area contributed by atoms with Crippen molar-refractivity contribution in [3.8, 4) is 23.0 Å². The zero-order valence-corrected chi connectivity index (χ0v) is 42.0. The Morgan fingerprint density at radius 2 is 0.763 bits per heavy atom. The van der Waals surface area contributed by atoms with Gasteiger partial charge in [-0.25, -0.2) is 16.8 Å². The van der Waals surface area contributed by atoms with Crippen molar-refractivity contribution in [3.05, 3.63) is 145 Å². The number of phenolic OH excluding ortho intramolecular Hbond substituents is 4. The van der Waals surface area contributed by atoms with Gasteiger partial charge in [-0.2, -0.15) is 27.1 Å². The molecule has 0 saturated carbocycles. The molecule has 0 aliphatic heterocycles. The molecule has 0 saturated heterocycles. The van der Waals surface area contributed by atoms with Crippen molar-refractivity contribution in [2.75, 3.05) is 23.1 Å². The second-order valence-electron chi connectivity index (χ2n) is 16.4. The predicted molar refractivity (Wildman–Crippen MR) is 275 cm³/mol. The number of hydrogen-bond donors (Lipinski definition) is 8. The first-order valence-electron chi connectivity index (χ1n) is 21.3. The second kappa shape index (κ2) is 20.3. The molecule has 24 nitrogen and oxygen atoms in total. The minimum Gasteiger partial charge on any atom is -0.506 e. The number of amides is 2. The molecule has 8 N–H and O–H groups in total. The van der Waals surface area contributed by atoms with Crippen molar-refractivity contribution >= 4 is 119 Å². The Hall–Kier alpha value is -9.06. The van der Waals surface area contributed by atoms with Gasteiger partial charge in [-0.1, -0.05) is 12.1 Å². The van der Waals surface area contributed by atoms with Crippen LogP contribution in [0.15, 0.2) is 184 Å². The normalized spacial score (nSPS) is 12.5. The summed E-state index contributed by atoms with van der Waals surface area (Å²) in [6, 6.07) is 27.9. The molecule has 0 aliphatic rings. The highest BCUT2D eigenvalue weighted by molar-refractivity contribution is 7.91. The number of hydrogen-bond acceptors (Lipinski definition) is 20. The van der Waals surface area contributed by atoms with E-state index in [2.05, 4.69) is 41.3 Å². The van der Waals surface area contributed by atoms with Gasteiger partial charge in [-0.05, 0) is 132 Å². The number of phenols is 4. The molecule has 388 valence electrons. The molecule has 0 aliphatic carbocycles. The van der Waals surface area contributed by atoms with Crippen molar-refractivity contribution in [1.29, 1.82) is 0 Å². The molecule has 76 heavy (non-hydrogen) atoms. The van der Waals surface area contributed by atoms with Gasteiger partial charge < -0.3 is 31.1 Å². The summed E-state index contributed by atoms with van der Waals surface area (Å²) in [6.45, 7) is 0. The molecular formula is C48H36N8O16S4. The third-order valence-electron chi connectivity index (χ3n) is 10.9. The average Bonchev–Trinajstić information content (AvgIpc) is 3.34. The van der Waals surface area contributed by atoms with Crippen LogP contribution in [0.5, 0.6) is 23.0 Å². The molecule has 0 bridgehead atoms. The zero-order valence-electron chi connectivity index (χ0n) is 38.8. The second-order valence-corrected chi connectivity index (χ2v) is 23.2. The first-order chi connectivity index (χ1) is 35.6. The van der Waals surface area contributed by atoms with Crippen LogP contribution in [0, 0.1) is 0 Å². The third-order valence-corrected chi connectivity index (χ3v) is 15.0. The monoisotopic (exact) mass is 1110 g/mol. The molecule has 0 fully saturated rings. The fourth-order valence-electron chi connectivity index (χ4n) is 7.26. The Morgan fingerprint density at radius 1 is 0.408 bits per heavy atom. The highest BCUT2D eigenvalue weighted by Crippen LogP contribution is 2.44. The number of anilines is 2. The van der Waals surface area contributed by atoms with Crippen molar-refractivity contribution in [2.45, 2.75) is 19.6 Å². The Bertz CT molecular complexity index is 4030. The highest BCUT2D eigenvalue weighted by atomic mass is 32.2. The summed E-state index contributed by atoms with van der Waals surface area (Å²) in [6.07, 6.45) is 1.82. The van der Waals surface area contributed by atoms with Crippen LogP contribution in [-0.2, 0) is 39.9 Å². The largest absolute Gasteiger partial charge is 0.506 e. The van der Waals surface area contributed by atoms with E-state index in [0.29, 0.717) is 11.4 Å². The fourth-order valence-corrected chi connectivity index (χ4v) is 10.2. The number of nitrogens with zero attached hydrogens (tertiary/aromatic N) is 6. The number of aromatic hydroxyl groups is 4. The number of nitrogens with one attached hydrogen (secondary N) is 2. The van der Waals surface area contributed by atoms with Gasteiger partial charge in [0.05, 0.1) is 21.2 Å². The first-order valence-corrected chi connectivity index (χ1v) is 28.0. The maximum Gasteiger partial charge on any atom is 0.297 e. The number of rotatable bonds is 14. The first kappa shape index (κ1) is 53.2. The summed E-state index contributed by atoms with van der Waals surface area (Å²) < 4.78 is 120. The van der Waals surface area contributed by atoms with Crippen LogP contribution in [0.2, 0.25) is 0 Å². The van der Waals surface area contributed by atoms with Gasteiger partial charge in [-0.15, -0.1) is 20.5 Å². The van der Waals surface area contributed by atoms with Gasteiger partial charge in [-0.3, -0.25) is 18.7 Å². The van der Waals surface area contributed by atoms with E-state index < -0.39 is 107 Å². The molecule has 8 rings (SSSR count). The van der Waals surface area contributed by atoms with E-state index in [1.165, 1.54) is 84.9 Å². The van der Waals surface area contributed by atoms with Gasteiger partial charge >= 0.3 is 0 Å². The van der Waals surface area contributed by atoms with E-state index in [4.69, 9.17) is 0 Å². The lowest BCUT2D eigenvalue weighted by atomic mass is 10.1. The van der Waals surface area contributed by atoms with Crippen molar-refractivity contribution in [1.82, 2.24) is 0 Å². The third kappa shape index (κ3) is 11.8. The summed E-state index contributed by atoms with van der Waals surface area (Å²) >= 11 is 0. The minimum atomic E-state index is -5.17. The number of fused-ring (bicyclic) bond motifs is 2. The lowest BCUT2D eigenvalue weighted by molar-refractivity contribution is 0.101. The van der Waals surface area contributed by atoms with Gasteiger partial charge in [0.25, 0.3) is 32.1 Å². The summed E-state index contributed by atoms with van der Waals surface area (Å²) in [5.41, 5.74) is -1.33. The fraction of sp³-hybridized carbons (Fsp3) is 0.0417. The van der Waals surface area contributed by atoms with Crippen LogP contribution < -0.4 is 10.6 Å². The van der Waals surface area contributed by atoms with E-state index in [1.807, 2.05) is 0 Å². The van der Waals surface area contributed by atoms with E-state index in [1.54, 1.807) is 0 Å². The number of benzene rings is 8. The molecule has 0 aromatic heterocycles. The van der Waals surface area contributed by atoms with Crippen LogP contribution >= 0.6 is 0 Å². The molecular weight excluding hydrogens is 1070 g/mol. The van der Waals surface area contributed by atoms with Crippen LogP contribution in [0.25, 0.3) is 21.5 Å². The van der Waals surface area contributed by atoms with Crippen LogP contribution in [-0.4, -0.2) is 87.5 Å². The van der Waals surface area contributed by atoms with Gasteiger partial charge in [0, 0.05) is 45.8 Å². The highest BCUT2D eigenvalue weighted by Gasteiger charge is 2.26. The molecule has 2 amide bonds. The standard InChI is InChI=1S/C48H36N8O16S4/c1-73(63,64)33-15-17-39(57)37(23-33)53-55-43-41(59)19-27-7-13-31(21-35(27)45(43)75(67,68)69)49-47(61)25-3-9-29(10-4-25)51-52-30-11-5-26(6-12-30)48(62)50-32-14-8-28-20-42(60)44(46(36(28)22-32)76(70,71)72)56-54-38-24-34(74(2,65)66)16-18-40(38)58/h3-24,57-60H,1-2H3,(H,49,61)(H,50,62)(H,67,68,69)(H,70,71,72). The maximum absolute atomic E-state index is 13.3. The smallest absolute Gasteiger partial charge is 0.297 e. The maximum atomic E-state index is 13.3. The molecule has 0 radical (unpaired) electrons. The summed E-state index contributed by atoms with van der Waals surface area (Å²) in [7, 11) is -17.8. The Balaban J connectivity index is 0.953. The lowest BCUT2D eigenvalue weighted by Gasteiger charge is -2.12. The van der Waals surface area contributed by atoms with E-state index >= 15 is 0 Å². The Kier molecular flexibility index (Phi) is 14.2. The summed E-state index contributed by atoms with van der Waals surface area (Å²) in [5, 5.41) is 70.2. The number of sulfone groups is 2. The van der Waals surface area contributed by atoms with Crippen LogP contribution in [0.4, 0.5) is 45.5 Å². The topological polar surface area (TPSA) is 390 Å². The van der Waals surface area contributed by atoms with E-state index in [-0.39, 0.29) is 53.8 Å². The summed E-state index contributed by atoms with van der Waals surface area (Å²) in [5.74, 6) is -3.85.